The van der Waals surface area contributed by atoms with Gasteiger partial charge in [0.25, 0.3) is 0 Å². The SMILES string of the molecule is CCOC(CC)(CC[Si](CC)CC)OCC. The number of hydrogen-bond acceptors (Lipinski definition) is 2. The topological polar surface area (TPSA) is 18.5 Å². The Balaban J connectivity index is 4.27. The Morgan fingerprint density at radius 2 is 1.38 bits per heavy atom. The van der Waals surface area contributed by atoms with Crippen molar-refractivity contribution in [3.05, 3.63) is 0 Å². The van der Waals surface area contributed by atoms with Crippen LogP contribution >= 0.6 is 0 Å². The smallest absolute Gasteiger partial charge is 0.167 e. The van der Waals surface area contributed by atoms with Gasteiger partial charge in [0, 0.05) is 22.0 Å². The van der Waals surface area contributed by atoms with Crippen LogP contribution in [0.25, 0.3) is 0 Å². The molecule has 0 bridgehead atoms. The average Bonchev–Trinajstić information content (AvgIpc) is 2.30. The van der Waals surface area contributed by atoms with Crippen LogP contribution in [0.5, 0.6) is 0 Å². The molecule has 0 heterocycles. The molecule has 0 atom stereocenters. The molecule has 0 fully saturated rings. The highest BCUT2D eigenvalue weighted by atomic mass is 28.3. The molecule has 0 aliphatic rings. The maximum atomic E-state index is 5.85. The summed E-state index contributed by atoms with van der Waals surface area (Å²) in [4.78, 5) is 0. The molecular formula is C13H29O2Si. The minimum atomic E-state index is -0.302. The van der Waals surface area contributed by atoms with Gasteiger partial charge < -0.3 is 9.47 Å². The van der Waals surface area contributed by atoms with Gasteiger partial charge in [-0.1, -0.05) is 38.9 Å². The molecule has 16 heavy (non-hydrogen) atoms. The molecule has 0 aromatic heterocycles. The predicted molar refractivity (Wildman–Crippen MR) is 72.4 cm³/mol. The minimum absolute atomic E-state index is 0.162. The van der Waals surface area contributed by atoms with Gasteiger partial charge in [0.15, 0.2) is 5.79 Å². The fourth-order valence-electron chi connectivity index (χ4n) is 2.06. The van der Waals surface area contributed by atoms with E-state index < -0.39 is 0 Å². The van der Waals surface area contributed by atoms with E-state index in [9.17, 15) is 0 Å². The zero-order chi connectivity index (χ0) is 12.4. The van der Waals surface area contributed by atoms with E-state index in [0.29, 0.717) is 0 Å². The van der Waals surface area contributed by atoms with Gasteiger partial charge in [-0.05, 0) is 26.7 Å². The summed E-state index contributed by atoms with van der Waals surface area (Å²) in [7, 11) is -0.162. The summed E-state index contributed by atoms with van der Waals surface area (Å²) in [6.45, 7) is 12.4. The van der Waals surface area contributed by atoms with Gasteiger partial charge in [0.05, 0.1) is 0 Å². The van der Waals surface area contributed by atoms with Crippen molar-refractivity contribution in [3.63, 3.8) is 0 Å². The summed E-state index contributed by atoms with van der Waals surface area (Å²) in [6, 6.07) is 4.03. The van der Waals surface area contributed by atoms with Crippen LogP contribution in [0.15, 0.2) is 0 Å². The van der Waals surface area contributed by atoms with Crippen LogP contribution in [0, 0.1) is 0 Å². The van der Waals surface area contributed by atoms with Crippen LogP contribution in [0.2, 0.25) is 18.1 Å². The summed E-state index contributed by atoms with van der Waals surface area (Å²) in [5.41, 5.74) is 0. The van der Waals surface area contributed by atoms with Crippen molar-refractivity contribution in [1.29, 1.82) is 0 Å². The van der Waals surface area contributed by atoms with Gasteiger partial charge in [0.1, 0.15) is 0 Å². The second-order valence-electron chi connectivity index (χ2n) is 4.09. The zero-order valence-corrected chi connectivity index (χ0v) is 12.8. The predicted octanol–water partition coefficient (Wildman–Crippen LogP) is 4.09. The molecule has 0 aromatic rings. The molecule has 0 spiro atoms. The number of ether oxygens (including phenoxy) is 2. The molecule has 0 aromatic carbocycles. The van der Waals surface area contributed by atoms with Crippen molar-refractivity contribution in [1.82, 2.24) is 0 Å². The maximum Gasteiger partial charge on any atom is 0.167 e. The molecular weight excluding hydrogens is 216 g/mol. The molecule has 0 amide bonds. The number of rotatable bonds is 10. The first kappa shape index (κ1) is 16.1. The zero-order valence-electron chi connectivity index (χ0n) is 11.8. The molecule has 1 radical (unpaired) electrons. The highest BCUT2D eigenvalue weighted by Gasteiger charge is 2.29. The van der Waals surface area contributed by atoms with E-state index in [1.807, 2.05) is 0 Å². The largest absolute Gasteiger partial charge is 0.350 e. The monoisotopic (exact) mass is 245 g/mol. The minimum Gasteiger partial charge on any atom is -0.350 e. The molecule has 2 nitrogen and oxygen atoms in total. The molecule has 0 rings (SSSR count). The van der Waals surface area contributed by atoms with E-state index in [1.165, 1.54) is 18.1 Å². The molecule has 0 saturated carbocycles. The molecule has 3 heteroatoms. The van der Waals surface area contributed by atoms with Gasteiger partial charge in [-0.15, -0.1) is 0 Å². The highest BCUT2D eigenvalue weighted by molar-refractivity contribution is 6.58. The van der Waals surface area contributed by atoms with Crippen molar-refractivity contribution in [2.75, 3.05) is 13.2 Å². The van der Waals surface area contributed by atoms with E-state index >= 15 is 0 Å². The van der Waals surface area contributed by atoms with Gasteiger partial charge >= 0.3 is 0 Å². The van der Waals surface area contributed by atoms with Crippen molar-refractivity contribution in [2.24, 2.45) is 0 Å². The molecule has 0 aliphatic heterocycles. The fourth-order valence-corrected chi connectivity index (χ4v) is 4.01. The van der Waals surface area contributed by atoms with Crippen molar-refractivity contribution in [2.45, 2.75) is 71.4 Å². The highest BCUT2D eigenvalue weighted by Crippen LogP contribution is 2.26. The quantitative estimate of drug-likeness (QED) is 0.426. The standard InChI is InChI=1S/C13H29O2Si/c1-6-13(14-7-2,15-8-3)11-12-16(9-4)10-5/h6-12H2,1-5H3. The van der Waals surface area contributed by atoms with E-state index in [4.69, 9.17) is 9.47 Å². The van der Waals surface area contributed by atoms with E-state index in [2.05, 4.69) is 34.6 Å². The van der Waals surface area contributed by atoms with E-state index in [1.54, 1.807) is 0 Å². The van der Waals surface area contributed by atoms with Crippen LogP contribution in [-0.2, 0) is 9.47 Å². The Morgan fingerprint density at radius 3 is 1.69 bits per heavy atom. The maximum absolute atomic E-state index is 5.85. The van der Waals surface area contributed by atoms with Crippen molar-refractivity contribution >= 4 is 8.80 Å². The van der Waals surface area contributed by atoms with Gasteiger partial charge in [0.2, 0.25) is 0 Å². The summed E-state index contributed by atoms with van der Waals surface area (Å²) < 4.78 is 11.7. The average molecular weight is 245 g/mol. The van der Waals surface area contributed by atoms with Crippen LogP contribution in [0.4, 0.5) is 0 Å². The van der Waals surface area contributed by atoms with Gasteiger partial charge in [-0.3, -0.25) is 0 Å². The van der Waals surface area contributed by atoms with E-state index in [0.717, 1.165) is 26.1 Å². The first-order valence-corrected chi connectivity index (χ1v) is 8.91. The van der Waals surface area contributed by atoms with Gasteiger partial charge in [-0.2, -0.15) is 0 Å². The Kier molecular flexibility index (Phi) is 9.28. The van der Waals surface area contributed by atoms with Crippen LogP contribution in [0.1, 0.15) is 47.5 Å². The Hall–Kier alpha value is 0.137. The summed E-state index contributed by atoms with van der Waals surface area (Å²) in [5.74, 6) is -0.302. The first-order valence-electron chi connectivity index (χ1n) is 6.79. The second-order valence-corrected chi connectivity index (χ2v) is 7.50. The Morgan fingerprint density at radius 1 is 0.875 bits per heavy atom. The normalized spacial score (nSPS) is 12.4. The molecule has 0 aliphatic carbocycles. The van der Waals surface area contributed by atoms with Crippen molar-refractivity contribution < 1.29 is 9.47 Å². The van der Waals surface area contributed by atoms with Gasteiger partial charge in [-0.25, -0.2) is 0 Å². The Labute approximate surface area is 103 Å². The fraction of sp³-hybridized carbons (Fsp3) is 1.00. The Bertz CT molecular complexity index is 152. The lowest BCUT2D eigenvalue weighted by atomic mass is 10.1. The first-order chi connectivity index (χ1) is 7.67. The third-order valence-electron chi connectivity index (χ3n) is 3.21. The van der Waals surface area contributed by atoms with E-state index in [-0.39, 0.29) is 14.6 Å². The van der Waals surface area contributed by atoms with Crippen LogP contribution < -0.4 is 0 Å². The summed E-state index contributed by atoms with van der Waals surface area (Å²) in [6.07, 6.45) is 2.03. The third-order valence-corrected chi connectivity index (χ3v) is 6.17. The van der Waals surface area contributed by atoms with Crippen molar-refractivity contribution in [3.8, 4) is 0 Å². The molecule has 0 N–H and O–H groups in total. The second kappa shape index (κ2) is 9.20. The summed E-state index contributed by atoms with van der Waals surface area (Å²) in [5, 5.41) is 0. The van der Waals surface area contributed by atoms with Crippen LogP contribution in [-0.4, -0.2) is 27.8 Å². The molecule has 0 unspecified atom stereocenters. The third kappa shape index (κ3) is 5.46. The lowest BCUT2D eigenvalue weighted by molar-refractivity contribution is -0.235. The molecule has 0 saturated heterocycles. The number of hydrogen-bond donors (Lipinski definition) is 0. The van der Waals surface area contributed by atoms with Crippen LogP contribution in [0.3, 0.4) is 0 Å². The summed E-state index contributed by atoms with van der Waals surface area (Å²) >= 11 is 0. The lowest BCUT2D eigenvalue weighted by Crippen LogP contribution is -2.36. The molecule has 97 valence electrons. The lowest BCUT2D eigenvalue weighted by Gasteiger charge is -2.33.